The van der Waals surface area contributed by atoms with Crippen LogP contribution in [0.3, 0.4) is 0 Å². The van der Waals surface area contributed by atoms with Crippen LogP contribution in [-0.4, -0.2) is 6.04 Å². The van der Waals surface area contributed by atoms with E-state index >= 15 is 0 Å². The van der Waals surface area contributed by atoms with Gasteiger partial charge in [-0.05, 0) is 25.3 Å². The van der Waals surface area contributed by atoms with E-state index in [0.717, 1.165) is 5.57 Å². The van der Waals surface area contributed by atoms with Gasteiger partial charge in [-0.1, -0.05) is 42.5 Å². The number of hydrogen-bond donors (Lipinski definition) is 2. The molecule has 80 valence electrons. The predicted molar refractivity (Wildman–Crippen MR) is 63.3 cm³/mol. The Morgan fingerprint density at radius 3 is 2.40 bits per heavy atom. The van der Waals surface area contributed by atoms with Gasteiger partial charge in [-0.25, -0.2) is 0 Å². The van der Waals surface area contributed by atoms with Gasteiger partial charge in [0.05, 0.1) is 6.04 Å². The topological polar surface area (TPSA) is 38.0 Å². The summed E-state index contributed by atoms with van der Waals surface area (Å²) < 4.78 is 0. The standard InChI is InChI=1S/C13H18N2/c1-10(2)12(15-14)13(8-9-13)11-6-4-3-5-7-11/h3-7,12,15H,1,8-9,14H2,2H3. The Balaban J connectivity index is 2.31. The number of hydrazine groups is 1. The van der Waals surface area contributed by atoms with Crippen LogP contribution in [0.2, 0.25) is 0 Å². The van der Waals surface area contributed by atoms with E-state index in [0.29, 0.717) is 0 Å². The van der Waals surface area contributed by atoms with E-state index < -0.39 is 0 Å². The molecule has 1 atom stereocenters. The number of hydrogen-bond acceptors (Lipinski definition) is 2. The minimum atomic E-state index is 0.194. The molecule has 1 aromatic rings. The third-order valence-corrected chi connectivity index (χ3v) is 3.35. The lowest BCUT2D eigenvalue weighted by molar-refractivity contribution is 0.476. The van der Waals surface area contributed by atoms with Crippen LogP contribution in [0, 0.1) is 0 Å². The average Bonchev–Trinajstić information content (AvgIpc) is 3.01. The van der Waals surface area contributed by atoms with E-state index in [-0.39, 0.29) is 11.5 Å². The third-order valence-electron chi connectivity index (χ3n) is 3.35. The molecule has 0 amide bonds. The van der Waals surface area contributed by atoms with Crippen molar-refractivity contribution < 1.29 is 0 Å². The first-order valence-corrected chi connectivity index (χ1v) is 5.38. The van der Waals surface area contributed by atoms with Crippen molar-refractivity contribution >= 4 is 0 Å². The summed E-state index contributed by atoms with van der Waals surface area (Å²) in [6.07, 6.45) is 2.39. The van der Waals surface area contributed by atoms with Crippen molar-refractivity contribution in [1.82, 2.24) is 5.43 Å². The molecule has 1 aliphatic carbocycles. The quantitative estimate of drug-likeness (QED) is 0.446. The monoisotopic (exact) mass is 202 g/mol. The maximum atomic E-state index is 5.63. The molecular formula is C13H18N2. The van der Waals surface area contributed by atoms with E-state index in [1.54, 1.807) is 0 Å². The summed E-state index contributed by atoms with van der Waals surface area (Å²) in [7, 11) is 0. The van der Waals surface area contributed by atoms with Gasteiger partial charge in [0.2, 0.25) is 0 Å². The zero-order chi connectivity index (χ0) is 10.9. The molecule has 2 nitrogen and oxygen atoms in total. The summed E-state index contributed by atoms with van der Waals surface area (Å²) >= 11 is 0. The molecule has 3 N–H and O–H groups in total. The maximum Gasteiger partial charge on any atom is 0.0511 e. The smallest absolute Gasteiger partial charge is 0.0511 e. The van der Waals surface area contributed by atoms with Gasteiger partial charge in [-0.2, -0.15) is 0 Å². The lowest BCUT2D eigenvalue weighted by Gasteiger charge is -2.27. The van der Waals surface area contributed by atoms with Crippen LogP contribution in [-0.2, 0) is 5.41 Å². The highest BCUT2D eigenvalue weighted by atomic mass is 15.2. The van der Waals surface area contributed by atoms with E-state index in [1.807, 2.05) is 13.0 Å². The lowest BCUT2D eigenvalue weighted by Crippen LogP contribution is -2.44. The summed E-state index contributed by atoms with van der Waals surface area (Å²) in [6, 6.07) is 10.8. The van der Waals surface area contributed by atoms with Gasteiger partial charge >= 0.3 is 0 Å². The van der Waals surface area contributed by atoms with E-state index in [4.69, 9.17) is 5.84 Å². The number of nitrogens with two attached hydrogens (primary N) is 1. The van der Waals surface area contributed by atoms with Gasteiger partial charge in [0.15, 0.2) is 0 Å². The van der Waals surface area contributed by atoms with Crippen LogP contribution in [0.4, 0.5) is 0 Å². The number of nitrogens with one attached hydrogen (secondary N) is 1. The van der Waals surface area contributed by atoms with Crippen molar-refractivity contribution in [2.45, 2.75) is 31.2 Å². The van der Waals surface area contributed by atoms with Crippen molar-refractivity contribution in [3.63, 3.8) is 0 Å². The lowest BCUT2D eigenvalue weighted by atomic mass is 9.85. The molecule has 2 rings (SSSR count). The first-order chi connectivity index (χ1) is 7.20. The van der Waals surface area contributed by atoms with Gasteiger partial charge in [-0.3, -0.25) is 11.3 Å². The van der Waals surface area contributed by atoms with Crippen LogP contribution >= 0.6 is 0 Å². The van der Waals surface area contributed by atoms with Crippen molar-refractivity contribution in [2.75, 3.05) is 0 Å². The number of rotatable bonds is 4. The summed E-state index contributed by atoms with van der Waals surface area (Å²) in [5, 5.41) is 0. The molecule has 0 aromatic heterocycles. The normalized spacial score (nSPS) is 19.6. The van der Waals surface area contributed by atoms with E-state index in [2.05, 4.69) is 36.3 Å². The SMILES string of the molecule is C=C(C)C(NN)C1(c2ccccc2)CC1. The second kappa shape index (κ2) is 3.80. The Bertz CT molecular complexity index is 352. The fourth-order valence-corrected chi connectivity index (χ4v) is 2.42. The molecule has 0 radical (unpaired) electrons. The van der Waals surface area contributed by atoms with Crippen molar-refractivity contribution in [1.29, 1.82) is 0 Å². The second-order valence-electron chi connectivity index (χ2n) is 4.47. The van der Waals surface area contributed by atoms with Crippen molar-refractivity contribution in [3.8, 4) is 0 Å². The van der Waals surface area contributed by atoms with Crippen LogP contribution in [0.1, 0.15) is 25.3 Å². The van der Waals surface area contributed by atoms with Crippen LogP contribution < -0.4 is 11.3 Å². The summed E-state index contributed by atoms with van der Waals surface area (Å²) in [5.74, 6) is 5.63. The van der Waals surface area contributed by atoms with Crippen molar-refractivity contribution in [2.24, 2.45) is 5.84 Å². The van der Waals surface area contributed by atoms with Crippen LogP contribution in [0.5, 0.6) is 0 Å². The molecule has 15 heavy (non-hydrogen) atoms. The molecule has 1 aliphatic rings. The summed E-state index contributed by atoms with van der Waals surface area (Å²) in [4.78, 5) is 0. The molecule has 2 heteroatoms. The summed E-state index contributed by atoms with van der Waals surface area (Å²) in [6.45, 7) is 6.05. The Labute approximate surface area is 91.2 Å². The largest absolute Gasteiger partial charge is 0.271 e. The fraction of sp³-hybridized carbons (Fsp3) is 0.385. The Kier molecular flexibility index (Phi) is 2.63. The van der Waals surface area contributed by atoms with Crippen LogP contribution in [0.25, 0.3) is 0 Å². The van der Waals surface area contributed by atoms with Gasteiger partial charge in [0, 0.05) is 5.41 Å². The molecule has 1 unspecified atom stereocenters. The highest BCUT2D eigenvalue weighted by Crippen LogP contribution is 2.52. The molecular weight excluding hydrogens is 184 g/mol. The van der Waals surface area contributed by atoms with Gasteiger partial charge in [-0.15, -0.1) is 0 Å². The van der Waals surface area contributed by atoms with Crippen LogP contribution in [0.15, 0.2) is 42.5 Å². The molecule has 1 saturated carbocycles. The first kappa shape index (κ1) is 10.4. The van der Waals surface area contributed by atoms with Gasteiger partial charge in [0.1, 0.15) is 0 Å². The Morgan fingerprint density at radius 2 is 2.00 bits per heavy atom. The average molecular weight is 202 g/mol. The first-order valence-electron chi connectivity index (χ1n) is 5.38. The zero-order valence-electron chi connectivity index (χ0n) is 9.16. The fourth-order valence-electron chi connectivity index (χ4n) is 2.42. The molecule has 0 aliphatic heterocycles. The van der Waals surface area contributed by atoms with Crippen molar-refractivity contribution in [3.05, 3.63) is 48.0 Å². The summed E-state index contributed by atoms with van der Waals surface area (Å²) in [5.41, 5.74) is 5.58. The maximum absolute atomic E-state index is 5.63. The number of benzene rings is 1. The van der Waals surface area contributed by atoms with Gasteiger partial charge in [0.25, 0.3) is 0 Å². The highest BCUT2D eigenvalue weighted by Gasteiger charge is 2.50. The molecule has 0 saturated heterocycles. The zero-order valence-corrected chi connectivity index (χ0v) is 9.16. The van der Waals surface area contributed by atoms with E-state index in [1.165, 1.54) is 18.4 Å². The Morgan fingerprint density at radius 1 is 1.40 bits per heavy atom. The molecule has 0 spiro atoms. The second-order valence-corrected chi connectivity index (χ2v) is 4.47. The van der Waals surface area contributed by atoms with E-state index in [9.17, 15) is 0 Å². The molecule has 1 fully saturated rings. The predicted octanol–water partition coefficient (Wildman–Crippen LogP) is 2.13. The Hall–Kier alpha value is -1.12. The molecule has 1 aromatic carbocycles. The third kappa shape index (κ3) is 1.71. The molecule has 0 heterocycles. The minimum Gasteiger partial charge on any atom is -0.271 e. The minimum absolute atomic E-state index is 0.194. The van der Waals surface area contributed by atoms with Gasteiger partial charge < -0.3 is 0 Å². The molecule has 0 bridgehead atoms. The highest BCUT2D eigenvalue weighted by molar-refractivity contribution is 5.37.